The Kier molecular flexibility index (Phi) is 3.92. The molecule has 120 valence electrons. The number of nitrogens with two attached hydrogens (primary N) is 1. The number of aromatic nitrogens is 2. The van der Waals surface area contributed by atoms with E-state index in [0.717, 1.165) is 33.1 Å². The molecule has 0 atom stereocenters. The Labute approximate surface area is 147 Å². The number of nitrogens with zero attached hydrogens (tertiary/aromatic N) is 2. The summed E-state index contributed by atoms with van der Waals surface area (Å²) in [6.45, 7) is 2.53. The van der Waals surface area contributed by atoms with E-state index >= 15 is 0 Å². The zero-order valence-corrected chi connectivity index (χ0v) is 14.7. The van der Waals surface area contributed by atoms with Crippen molar-refractivity contribution in [3.05, 3.63) is 58.4 Å². The molecular weight excluding hydrogens is 338 g/mol. The van der Waals surface area contributed by atoms with Crippen LogP contribution in [0.2, 0.25) is 0 Å². The van der Waals surface area contributed by atoms with Crippen molar-refractivity contribution in [2.75, 3.05) is 5.73 Å². The molecule has 2 N–H and O–H groups in total. The Bertz CT molecular complexity index is 973. The van der Waals surface area contributed by atoms with E-state index in [0.29, 0.717) is 11.7 Å². The van der Waals surface area contributed by atoms with Crippen molar-refractivity contribution in [1.29, 1.82) is 0 Å². The van der Waals surface area contributed by atoms with Crippen molar-refractivity contribution in [2.45, 2.75) is 13.5 Å². The highest BCUT2D eigenvalue weighted by atomic mass is 32.1. The largest absolute Gasteiger partial charge is 0.486 e. The molecule has 0 aliphatic rings. The average Bonchev–Trinajstić information content (AvgIpc) is 3.18. The predicted molar refractivity (Wildman–Crippen MR) is 101 cm³/mol. The van der Waals surface area contributed by atoms with Gasteiger partial charge in [-0.3, -0.25) is 0 Å². The topological polar surface area (TPSA) is 61.0 Å². The molecule has 24 heavy (non-hydrogen) atoms. The van der Waals surface area contributed by atoms with E-state index in [1.807, 2.05) is 41.8 Å². The average molecular weight is 353 g/mol. The second-order valence-electron chi connectivity index (χ2n) is 5.41. The maximum atomic E-state index is 5.90. The van der Waals surface area contributed by atoms with Crippen molar-refractivity contribution in [3.8, 4) is 17.0 Å². The number of rotatable bonds is 4. The second kappa shape index (κ2) is 6.22. The molecule has 0 aliphatic carbocycles. The van der Waals surface area contributed by atoms with Gasteiger partial charge in [-0.05, 0) is 42.8 Å². The summed E-state index contributed by atoms with van der Waals surface area (Å²) in [6.07, 6.45) is 0. The number of fused-ring (bicyclic) bond motifs is 1. The fraction of sp³-hybridized carbons (Fsp3) is 0.111. The number of ether oxygens (including phenoxy) is 1. The van der Waals surface area contributed by atoms with Crippen LogP contribution in [-0.2, 0) is 6.61 Å². The van der Waals surface area contributed by atoms with Gasteiger partial charge in [0.1, 0.15) is 17.4 Å². The summed E-state index contributed by atoms with van der Waals surface area (Å²) in [5.74, 6) is 0.832. The number of aryl methyl sites for hydroxylation is 1. The molecule has 0 bridgehead atoms. The van der Waals surface area contributed by atoms with Crippen LogP contribution < -0.4 is 10.5 Å². The molecule has 0 radical (unpaired) electrons. The predicted octanol–water partition coefficient (Wildman–Crippen LogP) is 4.89. The van der Waals surface area contributed by atoms with Gasteiger partial charge in [0.15, 0.2) is 5.13 Å². The van der Waals surface area contributed by atoms with Gasteiger partial charge in [0, 0.05) is 10.9 Å². The minimum Gasteiger partial charge on any atom is -0.486 e. The summed E-state index contributed by atoms with van der Waals surface area (Å²) < 4.78 is 7.09. The zero-order chi connectivity index (χ0) is 16.5. The molecule has 0 amide bonds. The number of hydrogen-bond donors (Lipinski definition) is 1. The maximum absolute atomic E-state index is 5.90. The summed E-state index contributed by atoms with van der Waals surface area (Å²) >= 11 is 3.12. The molecule has 0 saturated carbocycles. The summed E-state index contributed by atoms with van der Waals surface area (Å²) in [7, 11) is 0. The van der Waals surface area contributed by atoms with Gasteiger partial charge in [0.25, 0.3) is 0 Å². The lowest BCUT2D eigenvalue weighted by Gasteiger charge is -2.08. The zero-order valence-electron chi connectivity index (χ0n) is 13.0. The summed E-state index contributed by atoms with van der Waals surface area (Å²) in [5.41, 5.74) is 9.84. The third-order valence-corrected chi connectivity index (χ3v) is 5.38. The number of benzene rings is 2. The van der Waals surface area contributed by atoms with Gasteiger partial charge in [0.2, 0.25) is 0 Å². The van der Waals surface area contributed by atoms with Crippen LogP contribution in [0.4, 0.5) is 5.13 Å². The number of anilines is 1. The highest BCUT2D eigenvalue weighted by Gasteiger charge is 2.08. The van der Waals surface area contributed by atoms with E-state index in [1.54, 1.807) is 11.3 Å². The SMILES string of the molecule is Cc1cc(OCc2nc3ccccc3s2)ccc1-c1csc(N)n1. The quantitative estimate of drug-likeness (QED) is 0.567. The highest BCUT2D eigenvalue weighted by molar-refractivity contribution is 7.18. The summed E-state index contributed by atoms with van der Waals surface area (Å²) in [6, 6.07) is 14.1. The molecular formula is C18H15N3OS2. The molecule has 0 spiro atoms. The Morgan fingerprint density at radius 3 is 2.75 bits per heavy atom. The van der Waals surface area contributed by atoms with Crippen LogP contribution in [0.25, 0.3) is 21.5 Å². The van der Waals surface area contributed by atoms with Crippen LogP contribution in [0.15, 0.2) is 47.8 Å². The first-order chi connectivity index (χ1) is 11.7. The normalized spacial score (nSPS) is 11.0. The molecule has 2 aromatic carbocycles. The van der Waals surface area contributed by atoms with Gasteiger partial charge < -0.3 is 10.5 Å². The lowest BCUT2D eigenvalue weighted by Crippen LogP contribution is -1.95. The van der Waals surface area contributed by atoms with Crippen LogP contribution in [0.1, 0.15) is 10.6 Å². The van der Waals surface area contributed by atoms with Crippen molar-refractivity contribution in [1.82, 2.24) is 9.97 Å². The molecule has 0 unspecified atom stereocenters. The van der Waals surface area contributed by atoms with Gasteiger partial charge in [0.05, 0.1) is 15.9 Å². The summed E-state index contributed by atoms with van der Waals surface area (Å²) in [4.78, 5) is 8.93. The lowest BCUT2D eigenvalue weighted by molar-refractivity contribution is 0.305. The Balaban J connectivity index is 1.51. The molecule has 2 aromatic heterocycles. The molecule has 4 rings (SSSR count). The molecule has 0 aliphatic heterocycles. The number of thiazole rings is 2. The first-order valence-corrected chi connectivity index (χ1v) is 9.18. The third-order valence-electron chi connectivity index (χ3n) is 3.70. The molecule has 4 aromatic rings. The highest BCUT2D eigenvalue weighted by Crippen LogP contribution is 2.29. The monoisotopic (exact) mass is 353 g/mol. The van der Waals surface area contributed by atoms with Crippen molar-refractivity contribution in [3.63, 3.8) is 0 Å². The smallest absolute Gasteiger partial charge is 0.180 e. The molecule has 0 saturated heterocycles. The number of nitrogen functional groups attached to an aromatic ring is 1. The third kappa shape index (κ3) is 2.98. The van der Waals surface area contributed by atoms with Crippen molar-refractivity contribution < 1.29 is 4.74 Å². The Morgan fingerprint density at radius 2 is 2.00 bits per heavy atom. The Morgan fingerprint density at radius 1 is 1.12 bits per heavy atom. The Hall–Kier alpha value is -2.44. The number of para-hydroxylation sites is 1. The fourth-order valence-corrected chi connectivity index (χ4v) is 4.00. The van der Waals surface area contributed by atoms with E-state index in [9.17, 15) is 0 Å². The second-order valence-corrected chi connectivity index (χ2v) is 7.42. The van der Waals surface area contributed by atoms with Gasteiger partial charge in [-0.2, -0.15) is 0 Å². The summed E-state index contributed by atoms with van der Waals surface area (Å²) in [5, 5.41) is 3.53. The van der Waals surface area contributed by atoms with E-state index in [1.165, 1.54) is 16.0 Å². The van der Waals surface area contributed by atoms with Gasteiger partial charge in [-0.15, -0.1) is 22.7 Å². The molecule has 2 heterocycles. The van der Waals surface area contributed by atoms with Gasteiger partial charge in [-0.1, -0.05) is 12.1 Å². The molecule has 6 heteroatoms. The van der Waals surface area contributed by atoms with Crippen LogP contribution >= 0.6 is 22.7 Å². The van der Waals surface area contributed by atoms with Gasteiger partial charge >= 0.3 is 0 Å². The first kappa shape index (κ1) is 15.1. The fourth-order valence-electron chi connectivity index (χ4n) is 2.55. The van der Waals surface area contributed by atoms with Crippen LogP contribution in [0, 0.1) is 6.92 Å². The minimum atomic E-state index is 0.474. The first-order valence-electron chi connectivity index (χ1n) is 7.48. The van der Waals surface area contributed by atoms with Crippen LogP contribution in [-0.4, -0.2) is 9.97 Å². The van der Waals surface area contributed by atoms with E-state index in [4.69, 9.17) is 10.5 Å². The lowest BCUT2D eigenvalue weighted by atomic mass is 10.1. The standard InChI is InChI=1S/C18H15N3OS2/c1-11-8-12(6-7-13(11)15-10-23-18(19)21-15)22-9-17-20-14-4-2-3-5-16(14)24-17/h2-8,10H,9H2,1H3,(H2,19,21). The number of hydrogen-bond acceptors (Lipinski definition) is 6. The van der Waals surface area contributed by atoms with E-state index in [-0.39, 0.29) is 0 Å². The van der Waals surface area contributed by atoms with Gasteiger partial charge in [-0.25, -0.2) is 9.97 Å². The van der Waals surface area contributed by atoms with Crippen molar-refractivity contribution in [2.24, 2.45) is 0 Å². The van der Waals surface area contributed by atoms with E-state index < -0.39 is 0 Å². The molecule has 0 fully saturated rings. The molecule has 4 nitrogen and oxygen atoms in total. The van der Waals surface area contributed by atoms with Crippen molar-refractivity contribution >= 4 is 38.0 Å². The maximum Gasteiger partial charge on any atom is 0.180 e. The van der Waals surface area contributed by atoms with Crippen LogP contribution in [0.3, 0.4) is 0 Å². The van der Waals surface area contributed by atoms with E-state index in [2.05, 4.69) is 23.0 Å². The minimum absolute atomic E-state index is 0.474. The van der Waals surface area contributed by atoms with Crippen LogP contribution in [0.5, 0.6) is 5.75 Å².